The standard InChI is InChI=1S/C22H30N6O3S/c1-15(2)13-27-21(26-8-10-31-11-9-26)24-25-22(27)32-14-20(30)28-16(3)12-19(29)23-17-6-4-5-7-18(17)28/h4-7,15-16H,8-14H2,1-3H3,(H,23,29)/t16-/m1/s1. The van der Waals surface area contributed by atoms with Crippen LogP contribution in [0.3, 0.4) is 0 Å². The van der Waals surface area contributed by atoms with E-state index >= 15 is 0 Å². The van der Waals surface area contributed by atoms with Crippen LogP contribution in [0.15, 0.2) is 29.4 Å². The molecule has 0 radical (unpaired) electrons. The van der Waals surface area contributed by atoms with Crippen LogP contribution in [0.1, 0.15) is 27.2 Å². The van der Waals surface area contributed by atoms with Crippen molar-refractivity contribution in [1.82, 2.24) is 14.8 Å². The van der Waals surface area contributed by atoms with Crippen LogP contribution in [0.2, 0.25) is 0 Å². The van der Waals surface area contributed by atoms with Gasteiger partial charge in [-0.2, -0.15) is 0 Å². The molecule has 1 atom stereocenters. The summed E-state index contributed by atoms with van der Waals surface area (Å²) in [6, 6.07) is 7.20. The van der Waals surface area contributed by atoms with Gasteiger partial charge < -0.3 is 19.9 Å². The van der Waals surface area contributed by atoms with Gasteiger partial charge in [-0.05, 0) is 25.0 Å². The predicted octanol–water partition coefficient (Wildman–Crippen LogP) is 2.63. The highest BCUT2D eigenvalue weighted by molar-refractivity contribution is 7.99. The number of nitrogens with one attached hydrogen (secondary N) is 1. The summed E-state index contributed by atoms with van der Waals surface area (Å²) < 4.78 is 7.58. The number of fused-ring (bicyclic) bond motifs is 1. The monoisotopic (exact) mass is 458 g/mol. The van der Waals surface area contributed by atoms with Gasteiger partial charge in [0.25, 0.3) is 0 Å². The van der Waals surface area contributed by atoms with Gasteiger partial charge in [-0.25, -0.2) is 0 Å². The number of morpholine rings is 1. The first kappa shape index (κ1) is 22.6. The molecule has 9 nitrogen and oxygen atoms in total. The van der Waals surface area contributed by atoms with E-state index < -0.39 is 0 Å². The van der Waals surface area contributed by atoms with Crippen LogP contribution in [0.25, 0.3) is 0 Å². The second-order valence-corrected chi connectivity index (χ2v) is 9.50. The van der Waals surface area contributed by atoms with Gasteiger partial charge in [0.05, 0.1) is 30.3 Å². The first-order valence-electron chi connectivity index (χ1n) is 11.0. The predicted molar refractivity (Wildman–Crippen MR) is 125 cm³/mol. The molecule has 0 unspecified atom stereocenters. The normalized spacial score (nSPS) is 19.0. The van der Waals surface area contributed by atoms with Crippen LogP contribution in [0.4, 0.5) is 17.3 Å². The maximum atomic E-state index is 13.3. The second kappa shape index (κ2) is 9.91. The summed E-state index contributed by atoms with van der Waals surface area (Å²) >= 11 is 1.39. The topological polar surface area (TPSA) is 92.6 Å². The SMILES string of the molecule is CC(C)Cn1c(SCC(=O)N2c3ccccc3NC(=O)C[C@H]2C)nnc1N1CCOCC1. The third kappa shape index (κ3) is 4.91. The van der Waals surface area contributed by atoms with Crippen molar-refractivity contribution in [2.75, 3.05) is 47.2 Å². The largest absolute Gasteiger partial charge is 0.378 e. The first-order chi connectivity index (χ1) is 15.4. The third-order valence-corrected chi connectivity index (χ3v) is 6.44. The molecule has 0 bridgehead atoms. The zero-order valence-electron chi connectivity index (χ0n) is 18.8. The number of anilines is 3. The molecule has 1 aromatic heterocycles. The van der Waals surface area contributed by atoms with E-state index in [9.17, 15) is 9.59 Å². The van der Waals surface area contributed by atoms with Crippen LogP contribution in [0, 0.1) is 5.92 Å². The summed E-state index contributed by atoms with van der Waals surface area (Å²) in [5.41, 5.74) is 1.40. The summed E-state index contributed by atoms with van der Waals surface area (Å²) in [6.45, 7) is 9.90. The molecule has 10 heteroatoms. The Labute approximate surface area is 192 Å². The molecule has 1 saturated heterocycles. The highest BCUT2D eigenvalue weighted by atomic mass is 32.2. The van der Waals surface area contributed by atoms with Crippen molar-refractivity contribution >= 4 is 40.9 Å². The molecule has 2 amide bonds. The van der Waals surface area contributed by atoms with Crippen molar-refractivity contribution in [3.63, 3.8) is 0 Å². The van der Waals surface area contributed by atoms with E-state index in [0.717, 1.165) is 36.4 Å². The van der Waals surface area contributed by atoms with Crippen LogP contribution < -0.4 is 15.1 Å². The number of carbonyl (C=O) groups is 2. The molecule has 32 heavy (non-hydrogen) atoms. The summed E-state index contributed by atoms with van der Waals surface area (Å²) in [5, 5.41) is 12.5. The Hall–Kier alpha value is -2.59. The lowest BCUT2D eigenvalue weighted by Gasteiger charge is -2.28. The molecule has 3 heterocycles. The molecule has 0 aliphatic carbocycles. The van der Waals surface area contributed by atoms with Gasteiger partial charge in [0.1, 0.15) is 0 Å². The van der Waals surface area contributed by atoms with E-state index in [1.165, 1.54) is 11.8 Å². The number of thioether (sulfide) groups is 1. The minimum Gasteiger partial charge on any atom is -0.378 e. The van der Waals surface area contributed by atoms with Crippen LogP contribution in [-0.4, -0.2) is 64.7 Å². The highest BCUT2D eigenvalue weighted by Gasteiger charge is 2.30. The van der Waals surface area contributed by atoms with Crippen molar-refractivity contribution in [2.45, 2.75) is 44.9 Å². The smallest absolute Gasteiger partial charge is 0.237 e. The second-order valence-electron chi connectivity index (χ2n) is 8.56. The molecular formula is C22H30N6O3S. The molecule has 1 aromatic carbocycles. The third-order valence-electron chi connectivity index (χ3n) is 5.49. The zero-order chi connectivity index (χ0) is 22.7. The van der Waals surface area contributed by atoms with E-state index in [4.69, 9.17) is 4.74 Å². The Kier molecular flexibility index (Phi) is 7.00. The summed E-state index contributed by atoms with van der Waals surface area (Å²) in [6.07, 6.45) is 0.260. The Balaban J connectivity index is 1.53. The number of hydrogen-bond donors (Lipinski definition) is 1. The van der Waals surface area contributed by atoms with Crippen LogP contribution in [-0.2, 0) is 20.9 Å². The molecule has 2 aromatic rings. The molecule has 1 N–H and O–H groups in total. The highest BCUT2D eigenvalue weighted by Crippen LogP contribution is 2.32. The quantitative estimate of drug-likeness (QED) is 0.665. The number of nitrogens with zero attached hydrogens (tertiary/aromatic N) is 5. The minimum absolute atomic E-state index is 0.0570. The number of hydrogen-bond acceptors (Lipinski definition) is 7. The Morgan fingerprint density at radius 3 is 2.75 bits per heavy atom. The van der Waals surface area contributed by atoms with E-state index in [2.05, 4.69) is 38.8 Å². The Bertz CT molecular complexity index is 972. The molecule has 2 aliphatic rings. The fraction of sp³-hybridized carbons (Fsp3) is 0.545. The van der Waals surface area contributed by atoms with E-state index in [1.54, 1.807) is 4.90 Å². The van der Waals surface area contributed by atoms with E-state index in [1.807, 2.05) is 31.2 Å². The average Bonchev–Trinajstić information content (AvgIpc) is 3.09. The van der Waals surface area contributed by atoms with Crippen LogP contribution >= 0.6 is 11.8 Å². The molecule has 0 spiro atoms. The molecule has 4 rings (SSSR count). The van der Waals surface area contributed by atoms with Crippen LogP contribution in [0.5, 0.6) is 0 Å². The van der Waals surface area contributed by atoms with Crippen molar-refractivity contribution < 1.29 is 14.3 Å². The van der Waals surface area contributed by atoms with E-state index in [-0.39, 0.29) is 30.0 Å². The van der Waals surface area contributed by atoms with Gasteiger partial charge >= 0.3 is 0 Å². The number of ether oxygens (including phenoxy) is 1. The fourth-order valence-corrected chi connectivity index (χ4v) is 4.88. The fourth-order valence-electron chi connectivity index (χ4n) is 4.07. The van der Waals surface area contributed by atoms with Gasteiger partial charge in [-0.3, -0.25) is 14.2 Å². The number of rotatable bonds is 6. The summed E-state index contributed by atoms with van der Waals surface area (Å²) in [4.78, 5) is 29.5. The first-order valence-corrected chi connectivity index (χ1v) is 12.0. The number of para-hydroxylation sites is 2. The lowest BCUT2D eigenvalue weighted by molar-refractivity contribution is -0.117. The maximum Gasteiger partial charge on any atom is 0.237 e. The lowest BCUT2D eigenvalue weighted by atomic mass is 10.2. The zero-order valence-corrected chi connectivity index (χ0v) is 19.6. The maximum absolute atomic E-state index is 13.3. The number of carbonyl (C=O) groups excluding carboxylic acids is 2. The summed E-state index contributed by atoms with van der Waals surface area (Å²) in [7, 11) is 0. The molecule has 1 fully saturated rings. The lowest BCUT2D eigenvalue weighted by Crippen LogP contribution is -2.40. The Morgan fingerprint density at radius 1 is 1.25 bits per heavy atom. The van der Waals surface area contributed by atoms with Crippen molar-refractivity contribution in [3.8, 4) is 0 Å². The van der Waals surface area contributed by atoms with Gasteiger partial charge in [0.2, 0.25) is 17.8 Å². The van der Waals surface area contributed by atoms with Crippen molar-refractivity contribution in [3.05, 3.63) is 24.3 Å². The van der Waals surface area contributed by atoms with Gasteiger partial charge in [-0.1, -0.05) is 37.7 Å². The van der Waals surface area contributed by atoms with Crippen molar-refractivity contribution in [1.29, 1.82) is 0 Å². The minimum atomic E-state index is -0.232. The number of aromatic nitrogens is 3. The molecule has 172 valence electrons. The van der Waals surface area contributed by atoms with Crippen molar-refractivity contribution in [2.24, 2.45) is 5.92 Å². The van der Waals surface area contributed by atoms with Gasteiger partial charge in [0, 0.05) is 32.1 Å². The summed E-state index contributed by atoms with van der Waals surface area (Å²) in [5.74, 6) is 1.32. The number of amides is 2. The average molecular weight is 459 g/mol. The molecule has 2 aliphatic heterocycles. The molecule has 0 saturated carbocycles. The van der Waals surface area contributed by atoms with Gasteiger partial charge in [0.15, 0.2) is 5.16 Å². The van der Waals surface area contributed by atoms with E-state index in [0.29, 0.717) is 24.8 Å². The molecular weight excluding hydrogens is 428 g/mol. The number of benzene rings is 1. The Morgan fingerprint density at radius 2 is 2.00 bits per heavy atom. The van der Waals surface area contributed by atoms with Gasteiger partial charge in [-0.15, -0.1) is 10.2 Å².